The number of aromatic hydroxyl groups is 2. The fourth-order valence-electron chi connectivity index (χ4n) is 2.73. The van der Waals surface area contributed by atoms with Gasteiger partial charge in [-0.2, -0.15) is 0 Å². The Balaban J connectivity index is 1.61. The van der Waals surface area contributed by atoms with Crippen LogP contribution in [0.1, 0.15) is 28.4 Å². The van der Waals surface area contributed by atoms with Gasteiger partial charge in [0.2, 0.25) is 0 Å². The molecule has 6 heteroatoms. The number of ether oxygens (including phenoxy) is 3. The number of rotatable bonds is 4. The van der Waals surface area contributed by atoms with Gasteiger partial charge in [0.25, 0.3) is 0 Å². The Hall–Kier alpha value is -2.73. The lowest BCUT2D eigenvalue weighted by atomic mass is 9.95. The minimum atomic E-state index is -0.466. The molecule has 2 unspecified atom stereocenters. The van der Waals surface area contributed by atoms with Crippen molar-refractivity contribution in [3.05, 3.63) is 47.5 Å². The highest BCUT2D eigenvalue weighted by Gasteiger charge is 2.31. The molecule has 2 aliphatic rings. The molecule has 0 aromatic heterocycles. The second-order valence-corrected chi connectivity index (χ2v) is 5.91. The quantitative estimate of drug-likeness (QED) is 0.839. The van der Waals surface area contributed by atoms with Crippen LogP contribution in [0, 0.1) is 0 Å². The largest absolute Gasteiger partial charge is 0.508 e. The van der Waals surface area contributed by atoms with Crippen LogP contribution >= 0.6 is 0 Å². The van der Waals surface area contributed by atoms with E-state index < -0.39 is 6.10 Å². The third-order valence-electron chi connectivity index (χ3n) is 4.08. The molecule has 0 saturated carbocycles. The summed E-state index contributed by atoms with van der Waals surface area (Å²) >= 11 is 0. The first-order valence-electron chi connectivity index (χ1n) is 7.70. The molecule has 1 saturated heterocycles. The average molecular weight is 328 g/mol. The maximum Gasteiger partial charge on any atom is 0.174 e. The SMILES string of the molecule is O=C1CC(c2ccc(O)cc2)Oc2cc(OCC3CO3)cc(O)c21. The van der Waals surface area contributed by atoms with E-state index in [2.05, 4.69) is 0 Å². The predicted molar refractivity (Wildman–Crippen MR) is 83.8 cm³/mol. The van der Waals surface area contributed by atoms with Crippen molar-refractivity contribution in [1.82, 2.24) is 0 Å². The molecule has 0 spiro atoms. The Morgan fingerprint density at radius 1 is 1.17 bits per heavy atom. The maximum absolute atomic E-state index is 12.4. The first-order chi connectivity index (χ1) is 11.6. The fourth-order valence-corrected chi connectivity index (χ4v) is 2.73. The van der Waals surface area contributed by atoms with Gasteiger partial charge in [-0.25, -0.2) is 0 Å². The van der Waals surface area contributed by atoms with Crippen LogP contribution in [0.15, 0.2) is 36.4 Å². The van der Waals surface area contributed by atoms with Gasteiger partial charge in [-0.3, -0.25) is 4.79 Å². The van der Waals surface area contributed by atoms with Gasteiger partial charge in [0.05, 0.1) is 13.0 Å². The van der Waals surface area contributed by atoms with Crippen molar-refractivity contribution < 1.29 is 29.2 Å². The van der Waals surface area contributed by atoms with Crippen molar-refractivity contribution in [2.75, 3.05) is 13.2 Å². The van der Waals surface area contributed by atoms with Crippen molar-refractivity contribution in [2.24, 2.45) is 0 Å². The number of Topliss-reactive ketones (excluding diaryl/α,β-unsaturated/α-hetero) is 1. The molecular weight excluding hydrogens is 312 g/mol. The van der Waals surface area contributed by atoms with Gasteiger partial charge >= 0.3 is 0 Å². The highest BCUT2D eigenvalue weighted by atomic mass is 16.6. The van der Waals surface area contributed by atoms with Gasteiger partial charge < -0.3 is 24.4 Å². The first kappa shape index (κ1) is 14.8. The summed E-state index contributed by atoms with van der Waals surface area (Å²) < 4.78 is 16.5. The second-order valence-electron chi connectivity index (χ2n) is 5.91. The molecule has 4 rings (SSSR count). The second kappa shape index (κ2) is 5.72. The van der Waals surface area contributed by atoms with Gasteiger partial charge in [0.1, 0.15) is 47.4 Å². The third kappa shape index (κ3) is 2.88. The Bertz CT molecular complexity index is 779. The van der Waals surface area contributed by atoms with E-state index in [9.17, 15) is 15.0 Å². The predicted octanol–water partition coefficient (Wildman–Crippen LogP) is 2.58. The molecule has 0 amide bonds. The molecular formula is C18H16O6. The monoisotopic (exact) mass is 328 g/mol. The van der Waals surface area contributed by atoms with Crippen LogP contribution in [0.5, 0.6) is 23.0 Å². The van der Waals surface area contributed by atoms with Crippen molar-refractivity contribution in [3.8, 4) is 23.0 Å². The lowest BCUT2D eigenvalue weighted by Gasteiger charge is -2.26. The van der Waals surface area contributed by atoms with E-state index in [1.807, 2.05) is 0 Å². The van der Waals surface area contributed by atoms with Crippen LogP contribution in [0.4, 0.5) is 0 Å². The molecule has 0 bridgehead atoms. The van der Waals surface area contributed by atoms with Crippen LogP contribution in [0.2, 0.25) is 0 Å². The Morgan fingerprint density at radius 3 is 2.62 bits per heavy atom. The first-order valence-corrected chi connectivity index (χ1v) is 7.70. The molecule has 124 valence electrons. The number of phenols is 2. The van der Waals surface area contributed by atoms with Gasteiger partial charge in [-0.1, -0.05) is 12.1 Å². The normalized spacial score (nSPS) is 21.8. The maximum atomic E-state index is 12.4. The van der Waals surface area contributed by atoms with E-state index in [1.54, 1.807) is 30.3 Å². The summed E-state index contributed by atoms with van der Waals surface area (Å²) in [6, 6.07) is 9.55. The molecule has 0 aliphatic carbocycles. The van der Waals surface area contributed by atoms with E-state index in [0.29, 0.717) is 24.7 Å². The van der Waals surface area contributed by atoms with Crippen molar-refractivity contribution >= 4 is 5.78 Å². The summed E-state index contributed by atoms with van der Waals surface area (Å²) in [5.41, 5.74) is 0.962. The lowest BCUT2D eigenvalue weighted by molar-refractivity contribution is 0.0844. The highest BCUT2D eigenvalue weighted by molar-refractivity contribution is 6.02. The molecule has 6 nitrogen and oxygen atoms in total. The summed E-state index contributed by atoms with van der Waals surface area (Å²) in [7, 11) is 0. The molecule has 2 aromatic rings. The van der Waals surface area contributed by atoms with Gasteiger partial charge in [-0.15, -0.1) is 0 Å². The van der Waals surface area contributed by atoms with Crippen molar-refractivity contribution in [1.29, 1.82) is 0 Å². The van der Waals surface area contributed by atoms with E-state index in [-0.39, 0.29) is 35.4 Å². The van der Waals surface area contributed by atoms with E-state index in [4.69, 9.17) is 14.2 Å². The number of hydrogen-bond acceptors (Lipinski definition) is 6. The molecule has 2 aliphatic heterocycles. The summed E-state index contributed by atoms with van der Waals surface area (Å²) in [6.07, 6.45) is -0.246. The van der Waals surface area contributed by atoms with Crippen LogP contribution < -0.4 is 9.47 Å². The van der Waals surface area contributed by atoms with Crippen LogP contribution in [-0.4, -0.2) is 35.3 Å². The molecule has 0 radical (unpaired) electrons. The number of phenolic OH excluding ortho intramolecular Hbond substituents is 2. The van der Waals surface area contributed by atoms with E-state index in [1.165, 1.54) is 6.07 Å². The molecule has 24 heavy (non-hydrogen) atoms. The van der Waals surface area contributed by atoms with Gasteiger partial charge in [0, 0.05) is 12.1 Å². The van der Waals surface area contributed by atoms with E-state index >= 15 is 0 Å². The Morgan fingerprint density at radius 2 is 1.92 bits per heavy atom. The number of ketones is 1. The van der Waals surface area contributed by atoms with E-state index in [0.717, 1.165) is 5.56 Å². The smallest absolute Gasteiger partial charge is 0.174 e. The molecule has 2 heterocycles. The number of carbonyl (C=O) groups is 1. The third-order valence-corrected chi connectivity index (χ3v) is 4.08. The topological polar surface area (TPSA) is 88.5 Å². The molecule has 2 aromatic carbocycles. The number of hydrogen-bond donors (Lipinski definition) is 2. The summed E-state index contributed by atoms with van der Waals surface area (Å²) in [6.45, 7) is 1.07. The summed E-state index contributed by atoms with van der Waals surface area (Å²) in [4.78, 5) is 12.4. The lowest BCUT2D eigenvalue weighted by Crippen LogP contribution is -2.20. The van der Waals surface area contributed by atoms with Gasteiger partial charge in [-0.05, 0) is 17.7 Å². The fraction of sp³-hybridized carbons (Fsp3) is 0.278. The van der Waals surface area contributed by atoms with Crippen LogP contribution in [0.3, 0.4) is 0 Å². The number of epoxide rings is 1. The summed E-state index contributed by atoms with van der Waals surface area (Å²) in [5, 5.41) is 19.5. The zero-order valence-corrected chi connectivity index (χ0v) is 12.8. The number of benzene rings is 2. The minimum absolute atomic E-state index is 0.0930. The van der Waals surface area contributed by atoms with Crippen LogP contribution in [0.25, 0.3) is 0 Å². The van der Waals surface area contributed by atoms with Crippen molar-refractivity contribution in [2.45, 2.75) is 18.6 Å². The standard InChI is InChI=1S/C18H16O6/c19-11-3-1-10(2-4-11)16-7-15(21)18-14(20)5-12(6-17(18)24-16)22-8-13-9-23-13/h1-6,13,16,19-20H,7-9H2. The van der Waals surface area contributed by atoms with Crippen molar-refractivity contribution in [3.63, 3.8) is 0 Å². The zero-order valence-electron chi connectivity index (χ0n) is 12.8. The Labute approximate surface area is 138 Å². The zero-order chi connectivity index (χ0) is 16.7. The minimum Gasteiger partial charge on any atom is -0.508 e. The summed E-state index contributed by atoms with van der Waals surface area (Å²) in [5.74, 6) is 0.547. The molecule has 2 atom stereocenters. The molecule has 2 N–H and O–H groups in total. The number of fused-ring (bicyclic) bond motifs is 1. The average Bonchev–Trinajstić information content (AvgIpc) is 3.37. The Kier molecular flexibility index (Phi) is 3.54. The highest BCUT2D eigenvalue weighted by Crippen LogP contribution is 2.42. The van der Waals surface area contributed by atoms with Gasteiger partial charge in [0.15, 0.2) is 5.78 Å². The molecule has 1 fully saturated rings. The van der Waals surface area contributed by atoms with Crippen LogP contribution in [-0.2, 0) is 4.74 Å². The number of carbonyl (C=O) groups excluding carboxylic acids is 1.